The van der Waals surface area contributed by atoms with E-state index in [9.17, 15) is 0 Å². The van der Waals surface area contributed by atoms with Crippen LogP contribution in [0.2, 0.25) is 0 Å². The first-order valence-electron chi connectivity index (χ1n) is 9.48. The van der Waals surface area contributed by atoms with E-state index >= 15 is 0 Å². The van der Waals surface area contributed by atoms with Crippen molar-refractivity contribution in [2.24, 2.45) is 11.8 Å². The van der Waals surface area contributed by atoms with Crippen LogP contribution in [0.15, 0.2) is 30.3 Å². The van der Waals surface area contributed by atoms with Crippen LogP contribution in [0, 0.1) is 11.8 Å². The third-order valence-electron chi connectivity index (χ3n) is 6.15. The van der Waals surface area contributed by atoms with Gasteiger partial charge in [-0.1, -0.05) is 30.3 Å². The van der Waals surface area contributed by atoms with Crippen LogP contribution in [-0.4, -0.2) is 56.5 Å². The van der Waals surface area contributed by atoms with Crippen molar-refractivity contribution in [2.75, 3.05) is 33.4 Å². The first-order chi connectivity index (χ1) is 11.8. The number of likely N-dealkylation sites (tertiary alicyclic amines) is 1. The van der Waals surface area contributed by atoms with Gasteiger partial charge in [0, 0.05) is 44.2 Å². The van der Waals surface area contributed by atoms with Crippen LogP contribution in [0.4, 0.5) is 0 Å². The van der Waals surface area contributed by atoms with E-state index in [1.165, 1.54) is 37.9 Å². The van der Waals surface area contributed by atoms with Crippen LogP contribution < -0.4 is 5.32 Å². The van der Waals surface area contributed by atoms with Gasteiger partial charge in [-0.05, 0) is 37.9 Å². The number of piperidine rings is 1. The lowest BCUT2D eigenvalue weighted by Crippen LogP contribution is -2.64. The minimum atomic E-state index is 0.445. The first-order valence-corrected chi connectivity index (χ1v) is 9.48. The number of nitrogens with one attached hydrogen (secondary N) is 1. The molecule has 4 heteroatoms. The summed E-state index contributed by atoms with van der Waals surface area (Å²) < 4.78 is 11.3. The molecule has 1 saturated carbocycles. The van der Waals surface area contributed by atoms with Crippen LogP contribution in [0.25, 0.3) is 0 Å². The Morgan fingerprint density at radius 2 is 1.96 bits per heavy atom. The summed E-state index contributed by atoms with van der Waals surface area (Å²) in [6.07, 6.45) is 4.17. The third kappa shape index (κ3) is 3.38. The minimum absolute atomic E-state index is 0.445. The number of hydrogen-bond donors (Lipinski definition) is 1. The molecule has 4 rings (SSSR count). The molecular weight excluding hydrogens is 300 g/mol. The van der Waals surface area contributed by atoms with E-state index in [4.69, 9.17) is 9.47 Å². The molecule has 4 nitrogen and oxygen atoms in total. The topological polar surface area (TPSA) is 33.7 Å². The SMILES string of the molecule is COC[C@H]1[C@H](NC2CCN(Cc3ccccc3)CC2)[C@H]2CCO[C@H]21. The largest absolute Gasteiger partial charge is 0.384 e. The second-order valence-corrected chi connectivity index (χ2v) is 7.64. The number of fused-ring (bicyclic) bond motifs is 1. The molecule has 2 saturated heterocycles. The van der Waals surface area contributed by atoms with E-state index in [0.29, 0.717) is 30.0 Å². The van der Waals surface area contributed by atoms with Gasteiger partial charge in [0.1, 0.15) is 0 Å². The summed E-state index contributed by atoms with van der Waals surface area (Å²) >= 11 is 0. The van der Waals surface area contributed by atoms with Crippen molar-refractivity contribution in [3.8, 4) is 0 Å². The van der Waals surface area contributed by atoms with E-state index in [1.54, 1.807) is 7.11 Å². The fourth-order valence-corrected chi connectivity index (χ4v) is 4.84. The Morgan fingerprint density at radius 1 is 1.17 bits per heavy atom. The van der Waals surface area contributed by atoms with Gasteiger partial charge in [0.05, 0.1) is 12.7 Å². The molecule has 0 amide bonds. The molecule has 1 N–H and O–H groups in total. The second-order valence-electron chi connectivity index (χ2n) is 7.64. The average molecular weight is 330 g/mol. The highest BCUT2D eigenvalue weighted by atomic mass is 16.5. The van der Waals surface area contributed by atoms with Crippen LogP contribution in [0.5, 0.6) is 0 Å². The Labute approximate surface area is 145 Å². The van der Waals surface area contributed by atoms with E-state index in [0.717, 1.165) is 19.8 Å². The molecule has 1 aromatic rings. The number of rotatable bonds is 6. The number of ether oxygens (including phenoxy) is 2. The lowest BCUT2D eigenvalue weighted by Gasteiger charge is -2.50. The van der Waals surface area contributed by atoms with Gasteiger partial charge in [-0.2, -0.15) is 0 Å². The highest BCUT2D eigenvalue weighted by Crippen LogP contribution is 2.44. The molecule has 3 fully saturated rings. The van der Waals surface area contributed by atoms with Gasteiger partial charge in [0.2, 0.25) is 0 Å². The quantitative estimate of drug-likeness (QED) is 0.868. The van der Waals surface area contributed by atoms with E-state index in [-0.39, 0.29) is 0 Å². The minimum Gasteiger partial charge on any atom is -0.384 e. The van der Waals surface area contributed by atoms with Crippen molar-refractivity contribution in [3.63, 3.8) is 0 Å². The molecule has 0 bridgehead atoms. The van der Waals surface area contributed by atoms with Crippen molar-refractivity contribution in [1.82, 2.24) is 10.2 Å². The zero-order chi connectivity index (χ0) is 16.4. The van der Waals surface area contributed by atoms with Crippen molar-refractivity contribution in [1.29, 1.82) is 0 Å². The predicted octanol–water partition coefficient (Wildman–Crippen LogP) is 2.29. The van der Waals surface area contributed by atoms with Gasteiger partial charge < -0.3 is 14.8 Å². The Hall–Kier alpha value is -0.940. The number of methoxy groups -OCH3 is 1. The molecule has 24 heavy (non-hydrogen) atoms. The molecule has 1 aliphatic carbocycles. The van der Waals surface area contributed by atoms with E-state index in [2.05, 4.69) is 40.5 Å². The lowest BCUT2D eigenvalue weighted by molar-refractivity contribution is -0.0882. The number of hydrogen-bond acceptors (Lipinski definition) is 4. The first kappa shape index (κ1) is 16.5. The number of nitrogens with zero attached hydrogens (tertiary/aromatic N) is 1. The fourth-order valence-electron chi connectivity index (χ4n) is 4.84. The Kier molecular flexibility index (Phi) is 5.18. The van der Waals surface area contributed by atoms with Crippen molar-refractivity contribution in [3.05, 3.63) is 35.9 Å². The summed E-state index contributed by atoms with van der Waals surface area (Å²) in [5.41, 5.74) is 1.43. The molecule has 2 aliphatic heterocycles. The zero-order valence-electron chi connectivity index (χ0n) is 14.7. The highest BCUT2D eigenvalue weighted by molar-refractivity contribution is 5.14. The highest BCUT2D eigenvalue weighted by Gasteiger charge is 2.53. The summed E-state index contributed by atoms with van der Waals surface area (Å²) in [6.45, 7) is 5.23. The molecule has 3 aliphatic rings. The second kappa shape index (κ2) is 7.52. The number of benzene rings is 1. The predicted molar refractivity (Wildman–Crippen MR) is 94.9 cm³/mol. The maximum absolute atomic E-state index is 5.89. The molecule has 0 radical (unpaired) electrons. The summed E-state index contributed by atoms with van der Waals surface area (Å²) in [5.74, 6) is 1.26. The van der Waals surface area contributed by atoms with E-state index in [1.807, 2.05) is 0 Å². The van der Waals surface area contributed by atoms with Crippen LogP contribution in [0.3, 0.4) is 0 Å². The lowest BCUT2D eigenvalue weighted by atomic mass is 9.66. The molecule has 0 unspecified atom stereocenters. The smallest absolute Gasteiger partial charge is 0.0684 e. The van der Waals surface area contributed by atoms with Gasteiger partial charge >= 0.3 is 0 Å². The zero-order valence-corrected chi connectivity index (χ0v) is 14.7. The summed E-state index contributed by atoms with van der Waals surface area (Å²) in [7, 11) is 1.81. The van der Waals surface area contributed by atoms with Crippen LogP contribution >= 0.6 is 0 Å². The molecule has 132 valence electrons. The monoisotopic (exact) mass is 330 g/mol. The Bertz CT molecular complexity index is 516. The molecule has 1 aromatic carbocycles. The maximum Gasteiger partial charge on any atom is 0.0684 e. The molecule has 0 aromatic heterocycles. The average Bonchev–Trinajstić information content (AvgIpc) is 3.04. The normalized spacial score (nSPS) is 34.0. The fraction of sp³-hybridized carbons (Fsp3) is 0.700. The van der Waals surface area contributed by atoms with Gasteiger partial charge in [0.15, 0.2) is 0 Å². The Balaban J connectivity index is 1.26. The van der Waals surface area contributed by atoms with Crippen molar-refractivity contribution < 1.29 is 9.47 Å². The third-order valence-corrected chi connectivity index (χ3v) is 6.15. The van der Waals surface area contributed by atoms with Gasteiger partial charge in [0.25, 0.3) is 0 Å². The van der Waals surface area contributed by atoms with Crippen LogP contribution in [0.1, 0.15) is 24.8 Å². The van der Waals surface area contributed by atoms with Gasteiger partial charge in [-0.15, -0.1) is 0 Å². The molecule has 0 spiro atoms. The van der Waals surface area contributed by atoms with Gasteiger partial charge in [-0.25, -0.2) is 0 Å². The van der Waals surface area contributed by atoms with Crippen molar-refractivity contribution >= 4 is 0 Å². The molecule has 2 heterocycles. The van der Waals surface area contributed by atoms with Crippen LogP contribution in [-0.2, 0) is 16.0 Å². The summed E-state index contributed by atoms with van der Waals surface area (Å²) in [5, 5.41) is 3.96. The molecule has 4 atom stereocenters. The van der Waals surface area contributed by atoms with E-state index < -0.39 is 0 Å². The van der Waals surface area contributed by atoms with Gasteiger partial charge in [-0.3, -0.25) is 4.90 Å². The standard InChI is InChI=1S/C20H30N2O2/c1-23-14-18-19(17-9-12-24-20(17)18)21-16-7-10-22(11-8-16)13-15-5-3-2-4-6-15/h2-6,16-21H,7-14H2,1H3/t17-,18+,19-,20-/m1/s1. The molecular formula is C20H30N2O2. The summed E-state index contributed by atoms with van der Waals surface area (Å²) in [4.78, 5) is 2.59. The Morgan fingerprint density at radius 3 is 2.71 bits per heavy atom. The summed E-state index contributed by atoms with van der Waals surface area (Å²) in [6, 6.07) is 12.1. The maximum atomic E-state index is 5.89. The van der Waals surface area contributed by atoms with Crippen molar-refractivity contribution in [2.45, 2.75) is 44.0 Å².